The standard InChI is InChI=1S/C18H11BrN4O2S/c19-16-15(11-5-2-1-3-6-11)21-18(26-16)22-17(24)13-9-14(25-23-13)12-7-4-8-20-10-12/h1-10H,(H,21,22,24). The minimum atomic E-state index is -0.384. The van der Waals surface area contributed by atoms with Crippen molar-refractivity contribution in [2.45, 2.75) is 0 Å². The second-order valence-corrected chi connectivity index (χ2v) is 7.60. The summed E-state index contributed by atoms with van der Waals surface area (Å²) in [6, 6.07) is 14.9. The molecule has 3 heterocycles. The Balaban J connectivity index is 1.53. The van der Waals surface area contributed by atoms with E-state index in [1.807, 2.05) is 36.4 Å². The molecule has 0 aliphatic heterocycles. The number of carbonyl (C=O) groups is 1. The summed E-state index contributed by atoms with van der Waals surface area (Å²) in [4.78, 5) is 20.9. The number of pyridine rings is 1. The summed E-state index contributed by atoms with van der Waals surface area (Å²) < 4.78 is 6.07. The molecule has 6 nitrogen and oxygen atoms in total. The van der Waals surface area contributed by atoms with E-state index in [1.165, 1.54) is 11.3 Å². The number of hydrogen-bond donors (Lipinski definition) is 1. The largest absolute Gasteiger partial charge is 0.355 e. The van der Waals surface area contributed by atoms with Gasteiger partial charge >= 0.3 is 0 Å². The number of halogens is 1. The Morgan fingerprint density at radius 2 is 1.92 bits per heavy atom. The summed E-state index contributed by atoms with van der Waals surface area (Å²) >= 11 is 4.84. The van der Waals surface area contributed by atoms with Crippen molar-refractivity contribution in [3.63, 3.8) is 0 Å². The van der Waals surface area contributed by atoms with E-state index in [1.54, 1.807) is 24.5 Å². The van der Waals surface area contributed by atoms with Gasteiger partial charge in [-0.2, -0.15) is 0 Å². The zero-order valence-electron chi connectivity index (χ0n) is 13.2. The maximum Gasteiger partial charge on any atom is 0.279 e. The van der Waals surface area contributed by atoms with Crippen LogP contribution in [0.3, 0.4) is 0 Å². The lowest BCUT2D eigenvalue weighted by Gasteiger charge is -1.97. The molecule has 1 amide bonds. The summed E-state index contributed by atoms with van der Waals surface area (Å²) in [6.07, 6.45) is 3.31. The molecule has 0 spiro atoms. The molecule has 26 heavy (non-hydrogen) atoms. The minimum Gasteiger partial charge on any atom is -0.355 e. The van der Waals surface area contributed by atoms with Crippen LogP contribution in [0, 0.1) is 0 Å². The molecule has 3 aromatic heterocycles. The second kappa shape index (κ2) is 7.19. The van der Waals surface area contributed by atoms with Crippen LogP contribution in [0.25, 0.3) is 22.6 Å². The second-order valence-electron chi connectivity index (χ2n) is 5.28. The maximum absolute atomic E-state index is 12.4. The lowest BCUT2D eigenvalue weighted by Crippen LogP contribution is -2.11. The monoisotopic (exact) mass is 426 g/mol. The molecule has 0 saturated heterocycles. The topological polar surface area (TPSA) is 80.9 Å². The summed E-state index contributed by atoms with van der Waals surface area (Å²) in [5.74, 6) is 0.0956. The number of carbonyl (C=O) groups excluding carboxylic acids is 1. The van der Waals surface area contributed by atoms with Gasteiger partial charge in [0.05, 0.1) is 9.48 Å². The van der Waals surface area contributed by atoms with E-state index < -0.39 is 0 Å². The van der Waals surface area contributed by atoms with Crippen LogP contribution in [0.5, 0.6) is 0 Å². The SMILES string of the molecule is O=C(Nc1nc(-c2ccccc2)c(Br)s1)c1cc(-c2cccnc2)on1. The van der Waals surface area contributed by atoms with E-state index in [0.717, 1.165) is 20.6 Å². The molecular weight excluding hydrogens is 416 g/mol. The number of aromatic nitrogens is 3. The molecule has 1 N–H and O–H groups in total. The van der Waals surface area contributed by atoms with E-state index in [0.29, 0.717) is 10.9 Å². The number of rotatable bonds is 4. The molecule has 0 aliphatic rings. The third kappa shape index (κ3) is 3.42. The van der Waals surface area contributed by atoms with Gasteiger partial charge in [-0.05, 0) is 28.1 Å². The minimum absolute atomic E-state index is 0.177. The fourth-order valence-corrected chi connectivity index (χ4v) is 3.81. The fraction of sp³-hybridized carbons (Fsp3) is 0. The number of anilines is 1. The average molecular weight is 427 g/mol. The Morgan fingerprint density at radius 1 is 1.12 bits per heavy atom. The van der Waals surface area contributed by atoms with Gasteiger partial charge in [-0.3, -0.25) is 15.1 Å². The molecular formula is C18H11BrN4O2S. The van der Waals surface area contributed by atoms with Crippen molar-refractivity contribution in [3.8, 4) is 22.6 Å². The van der Waals surface area contributed by atoms with Crippen LogP contribution < -0.4 is 5.32 Å². The van der Waals surface area contributed by atoms with Crippen LogP contribution in [0.1, 0.15) is 10.5 Å². The van der Waals surface area contributed by atoms with Crippen molar-refractivity contribution in [2.75, 3.05) is 5.32 Å². The summed E-state index contributed by atoms with van der Waals surface area (Å²) in [5, 5.41) is 7.06. The first kappa shape index (κ1) is 16.6. The van der Waals surface area contributed by atoms with Crippen LogP contribution in [0.15, 0.2) is 69.2 Å². The van der Waals surface area contributed by atoms with Crippen molar-refractivity contribution in [2.24, 2.45) is 0 Å². The van der Waals surface area contributed by atoms with Crippen molar-refractivity contribution >= 4 is 38.3 Å². The van der Waals surface area contributed by atoms with Gasteiger partial charge in [0, 0.05) is 29.6 Å². The van der Waals surface area contributed by atoms with Gasteiger partial charge in [0.15, 0.2) is 16.6 Å². The molecule has 1 aromatic carbocycles. The maximum atomic E-state index is 12.4. The fourth-order valence-electron chi connectivity index (χ4n) is 2.32. The predicted molar refractivity (Wildman–Crippen MR) is 103 cm³/mol. The van der Waals surface area contributed by atoms with E-state index >= 15 is 0 Å². The lowest BCUT2D eigenvalue weighted by molar-refractivity contribution is 0.101. The van der Waals surface area contributed by atoms with E-state index in [2.05, 4.69) is 36.4 Å². The number of benzene rings is 1. The summed E-state index contributed by atoms with van der Waals surface area (Å²) in [7, 11) is 0. The molecule has 4 rings (SSSR count). The molecule has 0 aliphatic carbocycles. The van der Waals surface area contributed by atoms with E-state index in [9.17, 15) is 4.79 Å². The third-order valence-electron chi connectivity index (χ3n) is 3.54. The van der Waals surface area contributed by atoms with Crippen LogP contribution in [0.2, 0.25) is 0 Å². The third-order valence-corrected chi connectivity index (χ3v) is 5.16. The lowest BCUT2D eigenvalue weighted by atomic mass is 10.2. The quantitative estimate of drug-likeness (QED) is 0.502. The highest BCUT2D eigenvalue weighted by Crippen LogP contribution is 2.35. The molecule has 8 heteroatoms. The molecule has 128 valence electrons. The van der Waals surface area contributed by atoms with Gasteiger partial charge in [-0.25, -0.2) is 4.98 Å². The van der Waals surface area contributed by atoms with E-state index in [4.69, 9.17) is 4.52 Å². The molecule has 0 atom stereocenters. The van der Waals surface area contributed by atoms with Gasteiger partial charge in [-0.15, -0.1) is 0 Å². The Bertz CT molecular complexity index is 1050. The smallest absolute Gasteiger partial charge is 0.279 e. The number of nitrogens with zero attached hydrogens (tertiary/aromatic N) is 3. The van der Waals surface area contributed by atoms with Crippen LogP contribution in [-0.4, -0.2) is 21.0 Å². The highest BCUT2D eigenvalue weighted by molar-refractivity contribution is 9.11. The number of nitrogens with one attached hydrogen (secondary N) is 1. The first-order valence-electron chi connectivity index (χ1n) is 7.61. The van der Waals surface area contributed by atoms with Crippen LogP contribution in [-0.2, 0) is 0 Å². The van der Waals surface area contributed by atoms with Gasteiger partial charge in [0.25, 0.3) is 5.91 Å². The summed E-state index contributed by atoms with van der Waals surface area (Å²) in [6.45, 7) is 0. The number of thiazole rings is 1. The predicted octanol–water partition coefficient (Wildman–Crippen LogP) is 4.87. The number of hydrogen-bond acceptors (Lipinski definition) is 6. The Labute approximate surface area is 161 Å². The zero-order valence-corrected chi connectivity index (χ0v) is 15.6. The Hall–Kier alpha value is -2.84. The van der Waals surface area contributed by atoms with Crippen LogP contribution in [0.4, 0.5) is 5.13 Å². The highest BCUT2D eigenvalue weighted by atomic mass is 79.9. The van der Waals surface area contributed by atoms with E-state index in [-0.39, 0.29) is 11.6 Å². The Morgan fingerprint density at radius 3 is 2.69 bits per heavy atom. The van der Waals surface area contributed by atoms with Crippen LogP contribution >= 0.6 is 27.3 Å². The zero-order chi connectivity index (χ0) is 17.9. The molecule has 4 aromatic rings. The van der Waals surface area contributed by atoms with Crippen molar-refractivity contribution < 1.29 is 9.32 Å². The Kier molecular flexibility index (Phi) is 4.59. The number of amides is 1. The summed E-state index contributed by atoms with van der Waals surface area (Å²) in [5.41, 5.74) is 2.68. The van der Waals surface area contributed by atoms with Crippen molar-refractivity contribution in [1.82, 2.24) is 15.1 Å². The molecule has 0 bridgehead atoms. The van der Waals surface area contributed by atoms with Crippen molar-refractivity contribution in [1.29, 1.82) is 0 Å². The highest BCUT2D eigenvalue weighted by Gasteiger charge is 2.17. The van der Waals surface area contributed by atoms with Gasteiger partial charge in [0.1, 0.15) is 0 Å². The molecule has 0 fully saturated rings. The van der Waals surface area contributed by atoms with Gasteiger partial charge < -0.3 is 4.52 Å². The normalized spacial score (nSPS) is 10.7. The average Bonchev–Trinajstić information content (AvgIpc) is 3.30. The molecule has 0 radical (unpaired) electrons. The first-order valence-corrected chi connectivity index (χ1v) is 9.22. The first-order chi connectivity index (χ1) is 12.7. The molecule has 0 saturated carbocycles. The van der Waals surface area contributed by atoms with Gasteiger partial charge in [-0.1, -0.05) is 46.8 Å². The van der Waals surface area contributed by atoms with Crippen molar-refractivity contribution in [3.05, 3.63) is 70.4 Å². The molecule has 0 unspecified atom stereocenters. The van der Waals surface area contributed by atoms with Gasteiger partial charge in [0.2, 0.25) is 0 Å².